The van der Waals surface area contributed by atoms with Gasteiger partial charge in [0.1, 0.15) is 0 Å². The van der Waals surface area contributed by atoms with Crippen LogP contribution in [0.25, 0.3) is 0 Å². The summed E-state index contributed by atoms with van der Waals surface area (Å²) in [6.07, 6.45) is 1.69. The van der Waals surface area contributed by atoms with Crippen LogP contribution in [0.2, 0.25) is 0 Å². The highest BCUT2D eigenvalue weighted by atomic mass is 79.9. The zero-order valence-corrected chi connectivity index (χ0v) is 10.0. The maximum Gasteiger partial charge on any atom is 0.0612 e. The topological polar surface area (TPSA) is 59.1 Å². The number of nitrogens with two attached hydrogens (primary N) is 1. The highest BCUT2D eigenvalue weighted by Gasteiger charge is 2.13. The zero-order valence-electron chi connectivity index (χ0n) is 6.87. The van der Waals surface area contributed by atoms with Crippen LogP contribution in [0.5, 0.6) is 0 Å². The summed E-state index contributed by atoms with van der Waals surface area (Å²) >= 11 is 6.67. The molecule has 3 N–H and O–H groups in total. The second kappa shape index (κ2) is 5.05. The van der Waals surface area contributed by atoms with E-state index in [2.05, 4.69) is 36.8 Å². The lowest BCUT2D eigenvalue weighted by Crippen LogP contribution is -2.17. The molecule has 0 aliphatic heterocycles. The smallest absolute Gasteiger partial charge is 0.0612 e. The third kappa shape index (κ3) is 2.74. The molecule has 0 saturated carbocycles. The van der Waals surface area contributed by atoms with Crippen molar-refractivity contribution in [3.63, 3.8) is 0 Å². The van der Waals surface area contributed by atoms with E-state index in [-0.39, 0.29) is 12.5 Å². The van der Waals surface area contributed by atoms with Crippen LogP contribution in [-0.2, 0) is 0 Å². The van der Waals surface area contributed by atoms with Crippen molar-refractivity contribution in [2.24, 2.45) is 5.73 Å². The number of rotatable bonds is 3. The number of halogens is 2. The standard InChI is InChI=1S/C8H10Br2N2O/c9-6-1-7(10)8(12-3-6)5(2-11)4-13/h1,3,5,13H,2,4,11H2. The first-order valence-corrected chi connectivity index (χ1v) is 5.39. The van der Waals surface area contributed by atoms with Crippen molar-refractivity contribution in [3.05, 3.63) is 26.9 Å². The van der Waals surface area contributed by atoms with E-state index < -0.39 is 0 Å². The molecule has 1 heterocycles. The van der Waals surface area contributed by atoms with Crippen LogP contribution in [0.15, 0.2) is 21.2 Å². The highest BCUT2D eigenvalue weighted by Crippen LogP contribution is 2.24. The third-order valence-electron chi connectivity index (χ3n) is 1.73. The molecular weight excluding hydrogens is 300 g/mol. The van der Waals surface area contributed by atoms with E-state index in [1.54, 1.807) is 6.20 Å². The highest BCUT2D eigenvalue weighted by molar-refractivity contribution is 9.11. The first-order valence-electron chi connectivity index (χ1n) is 3.81. The maximum atomic E-state index is 9.02. The van der Waals surface area contributed by atoms with Crippen molar-refractivity contribution in [1.29, 1.82) is 0 Å². The molecule has 5 heteroatoms. The molecule has 1 aromatic rings. The second-order valence-electron chi connectivity index (χ2n) is 2.64. The predicted octanol–water partition coefficient (Wildman–Crippen LogP) is 1.64. The van der Waals surface area contributed by atoms with Crippen LogP contribution in [-0.4, -0.2) is 23.2 Å². The molecule has 0 aliphatic carbocycles. The molecule has 0 amide bonds. The van der Waals surface area contributed by atoms with Gasteiger partial charge < -0.3 is 10.8 Å². The summed E-state index contributed by atoms with van der Waals surface area (Å²) in [5.41, 5.74) is 6.29. The summed E-state index contributed by atoms with van der Waals surface area (Å²) in [5, 5.41) is 9.02. The van der Waals surface area contributed by atoms with Gasteiger partial charge in [-0.25, -0.2) is 0 Å². The Hall–Kier alpha value is 0.0300. The Balaban J connectivity index is 2.99. The first-order chi connectivity index (χ1) is 6.19. The lowest BCUT2D eigenvalue weighted by atomic mass is 10.1. The minimum absolute atomic E-state index is 0.0176. The van der Waals surface area contributed by atoms with Gasteiger partial charge in [0.25, 0.3) is 0 Å². The van der Waals surface area contributed by atoms with Crippen molar-refractivity contribution < 1.29 is 5.11 Å². The molecule has 3 nitrogen and oxygen atoms in total. The van der Waals surface area contributed by atoms with Crippen molar-refractivity contribution >= 4 is 31.9 Å². The number of hydrogen-bond acceptors (Lipinski definition) is 3. The number of hydrogen-bond donors (Lipinski definition) is 2. The predicted molar refractivity (Wildman–Crippen MR) is 58.5 cm³/mol. The number of nitrogens with zero attached hydrogens (tertiary/aromatic N) is 1. The van der Waals surface area contributed by atoms with Gasteiger partial charge in [0.15, 0.2) is 0 Å². The van der Waals surface area contributed by atoms with Crippen LogP contribution in [0.1, 0.15) is 11.6 Å². The Bertz CT molecular complexity index is 289. The van der Waals surface area contributed by atoms with Gasteiger partial charge in [-0.3, -0.25) is 4.98 Å². The number of aliphatic hydroxyl groups excluding tert-OH is 1. The van der Waals surface area contributed by atoms with E-state index >= 15 is 0 Å². The number of aromatic nitrogens is 1. The largest absolute Gasteiger partial charge is 0.396 e. The maximum absolute atomic E-state index is 9.02. The minimum atomic E-state index is -0.0949. The van der Waals surface area contributed by atoms with E-state index in [0.717, 1.165) is 14.6 Å². The Kier molecular flexibility index (Phi) is 4.31. The van der Waals surface area contributed by atoms with E-state index in [9.17, 15) is 0 Å². The molecule has 72 valence electrons. The van der Waals surface area contributed by atoms with E-state index in [1.165, 1.54) is 0 Å². The van der Waals surface area contributed by atoms with Crippen LogP contribution in [0, 0.1) is 0 Å². The van der Waals surface area contributed by atoms with Crippen molar-refractivity contribution in [2.75, 3.05) is 13.2 Å². The normalized spacial score (nSPS) is 12.9. The molecule has 1 unspecified atom stereocenters. The molecule has 0 aliphatic rings. The Morgan fingerprint density at radius 3 is 2.69 bits per heavy atom. The number of aliphatic hydroxyl groups is 1. The van der Waals surface area contributed by atoms with Crippen LogP contribution in [0.4, 0.5) is 0 Å². The van der Waals surface area contributed by atoms with Crippen molar-refractivity contribution in [1.82, 2.24) is 4.98 Å². The fourth-order valence-electron chi connectivity index (χ4n) is 0.998. The SMILES string of the molecule is NCC(CO)c1ncc(Br)cc1Br. The molecule has 0 saturated heterocycles. The van der Waals surface area contributed by atoms with E-state index in [4.69, 9.17) is 10.8 Å². The van der Waals surface area contributed by atoms with Crippen molar-refractivity contribution in [3.8, 4) is 0 Å². The van der Waals surface area contributed by atoms with Crippen LogP contribution in [0.3, 0.4) is 0 Å². The average Bonchev–Trinajstić information content (AvgIpc) is 2.10. The summed E-state index contributed by atoms with van der Waals surface area (Å²) in [5.74, 6) is -0.0949. The fraction of sp³-hybridized carbons (Fsp3) is 0.375. The van der Waals surface area contributed by atoms with Gasteiger partial charge in [0.2, 0.25) is 0 Å². The Morgan fingerprint density at radius 2 is 2.23 bits per heavy atom. The van der Waals surface area contributed by atoms with Crippen LogP contribution >= 0.6 is 31.9 Å². The first kappa shape index (κ1) is 11.1. The molecular formula is C8H10Br2N2O. The average molecular weight is 310 g/mol. The Labute approximate surface area is 93.6 Å². The fourth-order valence-corrected chi connectivity index (χ4v) is 2.31. The molecule has 1 atom stereocenters. The summed E-state index contributed by atoms with van der Waals surface area (Å²) in [4.78, 5) is 4.19. The zero-order chi connectivity index (χ0) is 9.84. The van der Waals surface area contributed by atoms with Gasteiger partial charge in [0.05, 0.1) is 12.3 Å². The molecule has 0 spiro atoms. The quantitative estimate of drug-likeness (QED) is 0.892. The lowest BCUT2D eigenvalue weighted by Gasteiger charge is -2.12. The van der Waals surface area contributed by atoms with Crippen molar-refractivity contribution in [2.45, 2.75) is 5.92 Å². The van der Waals surface area contributed by atoms with Gasteiger partial charge >= 0.3 is 0 Å². The van der Waals surface area contributed by atoms with Gasteiger partial charge in [0, 0.05) is 27.6 Å². The summed E-state index contributed by atoms with van der Waals surface area (Å²) < 4.78 is 1.77. The van der Waals surface area contributed by atoms with E-state index in [1.807, 2.05) is 6.07 Å². The van der Waals surface area contributed by atoms with Gasteiger partial charge in [-0.05, 0) is 37.9 Å². The van der Waals surface area contributed by atoms with Gasteiger partial charge in [-0.15, -0.1) is 0 Å². The molecule has 13 heavy (non-hydrogen) atoms. The molecule has 0 fully saturated rings. The molecule has 0 aromatic carbocycles. The molecule has 1 rings (SSSR count). The Morgan fingerprint density at radius 1 is 1.54 bits per heavy atom. The van der Waals surface area contributed by atoms with Gasteiger partial charge in [-0.1, -0.05) is 0 Å². The molecule has 0 bridgehead atoms. The van der Waals surface area contributed by atoms with Crippen LogP contribution < -0.4 is 5.73 Å². The molecule has 1 aromatic heterocycles. The molecule has 0 radical (unpaired) electrons. The summed E-state index contributed by atoms with van der Waals surface area (Å²) in [6, 6.07) is 1.89. The third-order valence-corrected chi connectivity index (χ3v) is 2.80. The monoisotopic (exact) mass is 308 g/mol. The summed E-state index contributed by atoms with van der Waals surface area (Å²) in [7, 11) is 0. The minimum Gasteiger partial charge on any atom is -0.396 e. The van der Waals surface area contributed by atoms with Gasteiger partial charge in [-0.2, -0.15) is 0 Å². The lowest BCUT2D eigenvalue weighted by molar-refractivity contribution is 0.265. The number of pyridine rings is 1. The second-order valence-corrected chi connectivity index (χ2v) is 4.41. The van der Waals surface area contributed by atoms with E-state index in [0.29, 0.717) is 6.54 Å². The summed E-state index contributed by atoms with van der Waals surface area (Å²) in [6.45, 7) is 0.410.